The molecule has 29 heavy (non-hydrogen) atoms. The summed E-state index contributed by atoms with van der Waals surface area (Å²) in [7, 11) is 1.63. The van der Waals surface area contributed by atoms with Crippen LogP contribution in [0.25, 0.3) is 0 Å². The first-order valence-electron chi connectivity index (χ1n) is 9.82. The maximum atomic E-state index is 13.1. The van der Waals surface area contributed by atoms with E-state index in [0.29, 0.717) is 0 Å². The van der Waals surface area contributed by atoms with E-state index in [2.05, 4.69) is 21.3 Å². The molecule has 0 radical (unpaired) electrons. The SMILES string of the molecule is COc1ccccc1NC1NC(=O)C2C(NCCC2c2ccc3c(c2)OCO3)N1. The second kappa shape index (κ2) is 7.46. The Balaban J connectivity index is 1.34. The minimum atomic E-state index is -0.400. The third-order valence-corrected chi connectivity index (χ3v) is 5.78. The van der Waals surface area contributed by atoms with Crippen LogP contribution in [0.2, 0.25) is 0 Å². The largest absolute Gasteiger partial charge is 0.495 e. The molecule has 0 aromatic heterocycles. The quantitative estimate of drug-likeness (QED) is 0.623. The van der Waals surface area contributed by atoms with E-state index in [1.54, 1.807) is 7.11 Å². The molecule has 2 saturated heterocycles. The van der Waals surface area contributed by atoms with Gasteiger partial charge in [-0.05, 0) is 48.7 Å². The van der Waals surface area contributed by atoms with Crippen LogP contribution in [-0.4, -0.2) is 38.8 Å². The molecule has 1 amide bonds. The molecule has 4 N–H and O–H groups in total. The minimum absolute atomic E-state index is 0.0102. The smallest absolute Gasteiger partial charge is 0.231 e. The topological polar surface area (TPSA) is 92.9 Å². The molecule has 2 aromatic carbocycles. The molecular formula is C21H24N4O4. The Morgan fingerprint density at radius 3 is 2.90 bits per heavy atom. The van der Waals surface area contributed by atoms with Gasteiger partial charge in [0, 0.05) is 0 Å². The molecule has 4 unspecified atom stereocenters. The summed E-state index contributed by atoms with van der Waals surface area (Å²) in [4.78, 5) is 13.1. The number of anilines is 1. The number of amides is 1. The number of carbonyl (C=O) groups is 1. The highest BCUT2D eigenvalue weighted by molar-refractivity contribution is 5.82. The lowest BCUT2D eigenvalue weighted by Gasteiger charge is -2.45. The Kier molecular flexibility index (Phi) is 4.65. The van der Waals surface area contributed by atoms with Crippen LogP contribution >= 0.6 is 0 Å². The highest BCUT2D eigenvalue weighted by Crippen LogP contribution is 2.40. The summed E-state index contributed by atoms with van der Waals surface area (Å²) in [5, 5.41) is 13.3. The molecule has 0 aliphatic carbocycles. The van der Waals surface area contributed by atoms with Gasteiger partial charge in [-0.15, -0.1) is 0 Å². The van der Waals surface area contributed by atoms with Crippen LogP contribution in [-0.2, 0) is 4.79 Å². The summed E-state index contributed by atoms with van der Waals surface area (Å²) < 4.78 is 16.3. The van der Waals surface area contributed by atoms with Crippen LogP contribution in [0.1, 0.15) is 17.9 Å². The first-order chi connectivity index (χ1) is 14.2. The Labute approximate surface area is 168 Å². The molecule has 4 atom stereocenters. The predicted octanol–water partition coefficient (Wildman–Crippen LogP) is 1.56. The molecule has 0 bridgehead atoms. The average molecular weight is 396 g/mol. The van der Waals surface area contributed by atoms with Gasteiger partial charge in [-0.2, -0.15) is 0 Å². The van der Waals surface area contributed by atoms with Crippen molar-refractivity contribution in [3.05, 3.63) is 48.0 Å². The van der Waals surface area contributed by atoms with Gasteiger partial charge < -0.3 is 30.2 Å². The predicted molar refractivity (Wildman–Crippen MR) is 107 cm³/mol. The zero-order chi connectivity index (χ0) is 19.8. The highest BCUT2D eigenvalue weighted by Gasteiger charge is 2.44. The molecule has 3 heterocycles. The van der Waals surface area contributed by atoms with Gasteiger partial charge in [0.05, 0.1) is 24.9 Å². The standard InChI is InChI=1S/C21H24N4O4/c1-27-15-5-3-2-4-14(15)23-21-24-19-18(20(26)25-21)13(8-9-22-19)12-6-7-16-17(10-12)29-11-28-16/h2-7,10,13,18-19,21-24H,8-9,11H2,1H3,(H,25,26). The van der Waals surface area contributed by atoms with Gasteiger partial charge in [0.15, 0.2) is 17.8 Å². The number of ether oxygens (including phenoxy) is 3. The molecule has 3 aliphatic rings. The fourth-order valence-corrected chi connectivity index (χ4v) is 4.40. The average Bonchev–Trinajstić information content (AvgIpc) is 3.21. The fourth-order valence-electron chi connectivity index (χ4n) is 4.40. The molecule has 2 fully saturated rings. The third kappa shape index (κ3) is 3.34. The monoisotopic (exact) mass is 396 g/mol. The molecule has 152 valence electrons. The molecule has 8 nitrogen and oxygen atoms in total. The number of hydrogen-bond donors (Lipinski definition) is 4. The lowest BCUT2D eigenvalue weighted by molar-refractivity contribution is -0.131. The van der Waals surface area contributed by atoms with Gasteiger partial charge in [0.25, 0.3) is 0 Å². The Morgan fingerprint density at radius 1 is 1.14 bits per heavy atom. The Morgan fingerprint density at radius 2 is 2.00 bits per heavy atom. The second-order valence-corrected chi connectivity index (χ2v) is 7.42. The molecule has 5 rings (SSSR count). The zero-order valence-corrected chi connectivity index (χ0v) is 16.1. The van der Waals surface area contributed by atoms with Crippen molar-refractivity contribution in [2.45, 2.75) is 24.8 Å². The molecule has 0 spiro atoms. The van der Waals surface area contributed by atoms with Gasteiger partial charge >= 0.3 is 0 Å². The number of benzene rings is 2. The summed E-state index contributed by atoms with van der Waals surface area (Å²) in [6.45, 7) is 1.07. The molecule has 0 saturated carbocycles. The number of methoxy groups -OCH3 is 1. The number of hydrogen-bond acceptors (Lipinski definition) is 7. The van der Waals surface area contributed by atoms with Gasteiger partial charge in [0.1, 0.15) is 5.75 Å². The van der Waals surface area contributed by atoms with Crippen LogP contribution in [0.4, 0.5) is 5.69 Å². The second-order valence-electron chi connectivity index (χ2n) is 7.42. The van der Waals surface area contributed by atoms with Crippen LogP contribution in [0.15, 0.2) is 42.5 Å². The van der Waals surface area contributed by atoms with E-state index < -0.39 is 6.29 Å². The molecule has 3 aliphatic heterocycles. The summed E-state index contributed by atoms with van der Waals surface area (Å²) in [6.07, 6.45) is 0.337. The van der Waals surface area contributed by atoms with Crippen molar-refractivity contribution in [1.82, 2.24) is 16.0 Å². The van der Waals surface area contributed by atoms with Crippen molar-refractivity contribution >= 4 is 11.6 Å². The molecule has 8 heteroatoms. The van der Waals surface area contributed by atoms with E-state index >= 15 is 0 Å². The minimum Gasteiger partial charge on any atom is -0.495 e. The van der Waals surface area contributed by atoms with Crippen molar-refractivity contribution in [2.24, 2.45) is 5.92 Å². The number of rotatable bonds is 4. The van der Waals surface area contributed by atoms with Crippen LogP contribution in [0.5, 0.6) is 17.2 Å². The Hall–Kier alpha value is -2.97. The number of nitrogens with one attached hydrogen (secondary N) is 4. The van der Waals surface area contributed by atoms with E-state index in [-0.39, 0.29) is 30.7 Å². The van der Waals surface area contributed by atoms with E-state index in [0.717, 1.165) is 41.5 Å². The van der Waals surface area contributed by atoms with Crippen molar-refractivity contribution in [3.63, 3.8) is 0 Å². The zero-order valence-electron chi connectivity index (χ0n) is 16.1. The van der Waals surface area contributed by atoms with Crippen molar-refractivity contribution in [2.75, 3.05) is 25.8 Å². The summed E-state index contributed by atoms with van der Waals surface area (Å²) in [6, 6.07) is 13.6. The first kappa shape index (κ1) is 18.1. The number of carbonyl (C=O) groups excluding carboxylic acids is 1. The Bertz CT molecular complexity index is 921. The van der Waals surface area contributed by atoms with Gasteiger partial charge in [-0.3, -0.25) is 10.1 Å². The normalized spacial score (nSPS) is 27.7. The lowest BCUT2D eigenvalue weighted by Crippen LogP contribution is -2.70. The van der Waals surface area contributed by atoms with E-state index in [9.17, 15) is 4.79 Å². The fraction of sp³-hybridized carbons (Fsp3) is 0.381. The van der Waals surface area contributed by atoms with Crippen molar-refractivity contribution in [1.29, 1.82) is 0 Å². The van der Waals surface area contributed by atoms with Crippen LogP contribution in [0, 0.1) is 5.92 Å². The van der Waals surface area contributed by atoms with E-state index in [1.165, 1.54) is 0 Å². The van der Waals surface area contributed by atoms with E-state index in [1.807, 2.05) is 42.5 Å². The maximum absolute atomic E-state index is 13.1. The van der Waals surface area contributed by atoms with Crippen LogP contribution < -0.4 is 35.5 Å². The summed E-state index contributed by atoms with van der Waals surface area (Å²) >= 11 is 0. The summed E-state index contributed by atoms with van der Waals surface area (Å²) in [5.74, 6) is 2.11. The third-order valence-electron chi connectivity index (χ3n) is 5.78. The van der Waals surface area contributed by atoms with Gasteiger partial charge in [0.2, 0.25) is 12.7 Å². The number of piperidine rings is 1. The van der Waals surface area contributed by atoms with E-state index in [4.69, 9.17) is 14.2 Å². The number of para-hydroxylation sites is 2. The maximum Gasteiger partial charge on any atom is 0.231 e. The molecule has 2 aromatic rings. The first-order valence-corrected chi connectivity index (χ1v) is 9.82. The van der Waals surface area contributed by atoms with Crippen molar-refractivity contribution < 1.29 is 19.0 Å². The van der Waals surface area contributed by atoms with Gasteiger partial charge in [-0.25, -0.2) is 0 Å². The van der Waals surface area contributed by atoms with Gasteiger partial charge in [-0.1, -0.05) is 18.2 Å². The van der Waals surface area contributed by atoms with Crippen molar-refractivity contribution in [3.8, 4) is 17.2 Å². The number of fused-ring (bicyclic) bond motifs is 2. The summed E-state index contributed by atoms with van der Waals surface area (Å²) in [5.41, 5.74) is 1.91. The molecular weight excluding hydrogens is 372 g/mol. The highest BCUT2D eigenvalue weighted by atomic mass is 16.7. The lowest BCUT2D eigenvalue weighted by atomic mass is 9.77. The van der Waals surface area contributed by atoms with Crippen LogP contribution in [0.3, 0.4) is 0 Å².